The van der Waals surface area contributed by atoms with E-state index >= 15 is 0 Å². The second-order valence-corrected chi connectivity index (χ2v) is 3.78. The minimum Gasteiger partial charge on any atom is -0.394 e. The van der Waals surface area contributed by atoms with E-state index in [1.165, 1.54) is 0 Å². The number of aromatic nitrogens is 1. The summed E-state index contributed by atoms with van der Waals surface area (Å²) in [5, 5.41) is 18.1. The molecule has 1 aromatic rings. The van der Waals surface area contributed by atoms with Crippen molar-refractivity contribution in [3.05, 3.63) is 24.0 Å². The maximum Gasteiger partial charge on any atom is 0.0980 e. The van der Waals surface area contributed by atoms with Crippen molar-refractivity contribution < 1.29 is 14.9 Å². The summed E-state index contributed by atoms with van der Waals surface area (Å²) in [4.78, 5) is 6.16. The smallest absolute Gasteiger partial charge is 0.0980 e. The summed E-state index contributed by atoms with van der Waals surface area (Å²) in [6.45, 7) is 2.06. The summed E-state index contributed by atoms with van der Waals surface area (Å²) in [7, 11) is 0. The molecule has 0 spiro atoms. The summed E-state index contributed by atoms with van der Waals surface area (Å²) in [6, 6.07) is 3.76. The molecule has 88 valence electrons. The predicted molar refractivity (Wildman–Crippen MR) is 59.2 cm³/mol. The molecule has 1 saturated heterocycles. The average molecular weight is 224 g/mol. The summed E-state index contributed by atoms with van der Waals surface area (Å²) in [5.74, 6) is 0. The Balaban J connectivity index is 2.10. The molecule has 1 aromatic heterocycles. The second-order valence-electron chi connectivity index (χ2n) is 3.78. The molecule has 1 fully saturated rings. The van der Waals surface area contributed by atoms with Gasteiger partial charge in [0.1, 0.15) is 0 Å². The number of hydrogen-bond acceptors (Lipinski definition) is 5. The lowest BCUT2D eigenvalue weighted by atomic mass is 10.2. The summed E-state index contributed by atoms with van der Waals surface area (Å²) in [6.07, 6.45) is 1.56. The Bertz CT molecular complexity index is 346. The van der Waals surface area contributed by atoms with Crippen LogP contribution < -0.4 is 4.90 Å². The third kappa shape index (κ3) is 2.49. The van der Waals surface area contributed by atoms with E-state index in [0.717, 1.165) is 12.2 Å². The van der Waals surface area contributed by atoms with E-state index in [-0.39, 0.29) is 19.3 Å². The highest BCUT2D eigenvalue weighted by Crippen LogP contribution is 2.17. The predicted octanol–water partition coefficient (Wildman–Crippen LogP) is -0.229. The number of rotatable bonds is 3. The van der Waals surface area contributed by atoms with Crippen molar-refractivity contribution in [1.82, 2.24) is 4.98 Å². The van der Waals surface area contributed by atoms with Crippen molar-refractivity contribution in [1.29, 1.82) is 0 Å². The van der Waals surface area contributed by atoms with Crippen molar-refractivity contribution in [2.24, 2.45) is 0 Å². The molecule has 2 N–H and O–H groups in total. The summed E-state index contributed by atoms with van der Waals surface area (Å²) >= 11 is 0. The topological polar surface area (TPSA) is 65.8 Å². The van der Waals surface area contributed by atoms with Gasteiger partial charge in [-0.2, -0.15) is 0 Å². The molecule has 1 aliphatic heterocycles. The van der Waals surface area contributed by atoms with Crippen LogP contribution in [0.1, 0.15) is 5.69 Å². The number of nitrogens with zero attached hydrogens (tertiary/aromatic N) is 2. The van der Waals surface area contributed by atoms with E-state index in [1.807, 2.05) is 12.1 Å². The van der Waals surface area contributed by atoms with Crippen molar-refractivity contribution in [3.63, 3.8) is 0 Å². The highest BCUT2D eigenvalue weighted by Gasteiger charge is 2.19. The largest absolute Gasteiger partial charge is 0.394 e. The molecule has 1 unspecified atom stereocenters. The van der Waals surface area contributed by atoms with Gasteiger partial charge in [-0.25, -0.2) is 0 Å². The van der Waals surface area contributed by atoms with Crippen LogP contribution in [0.4, 0.5) is 5.69 Å². The molecule has 1 aliphatic rings. The number of morpholine rings is 1. The fourth-order valence-corrected chi connectivity index (χ4v) is 1.81. The molecule has 0 aliphatic carbocycles. The number of hydrogen-bond donors (Lipinski definition) is 2. The van der Waals surface area contributed by atoms with E-state index in [1.54, 1.807) is 6.20 Å². The zero-order chi connectivity index (χ0) is 11.4. The van der Waals surface area contributed by atoms with Crippen LogP contribution in [-0.2, 0) is 11.3 Å². The van der Waals surface area contributed by atoms with E-state index in [2.05, 4.69) is 9.88 Å². The van der Waals surface area contributed by atoms with Crippen molar-refractivity contribution in [2.75, 3.05) is 31.2 Å². The summed E-state index contributed by atoms with van der Waals surface area (Å²) < 4.78 is 5.38. The van der Waals surface area contributed by atoms with Gasteiger partial charge in [-0.15, -0.1) is 0 Å². The van der Waals surface area contributed by atoms with Crippen LogP contribution >= 0.6 is 0 Å². The van der Waals surface area contributed by atoms with Crippen LogP contribution in [0.15, 0.2) is 18.3 Å². The van der Waals surface area contributed by atoms with Gasteiger partial charge in [-0.1, -0.05) is 0 Å². The minimum absolute atomic E-state index is 0.0362. The lowest BCUT2D eigenvalue weighted by Crippen LogP contribution is -2.44. The number of ether oxygens (including phenoxy) is 1. The van der Waals surface area contributed by atoms with Crippen LogP contribution in [-0.4, -0.2) is 47.6 Å². The molecule has 0 bridgehead atoms. The van der Waals surface area contributed by atoms with Gasteiger partial charge in [0, 0.05) is 25.0 Å². The normalized spacial score (nSPS) is 21.1. The molecule has 0 aromatic carbocycles. The first-order valence-electron chi connectivity index (χ1n) is 5.36. The monoisotopic (exact) mass is 224 g/mol. The molecule has 0 amide bonds. The van der Waals surface area contributed by atoms with Gasteiger partial charge in [0.2, 0.25) is 0 Å². The van der Waals surface area contributed by atoms with Crippen LogP contribution in [0.25, 0.3) is 0 Å². The van der Waals surface area contributed by atoms with Gasteiger partial charge < -0.3 is 19.8 Å². The molecule has 1 atom stereocenters. The molecule has 2 heterocycles. The van der Waals surface area contributed by atoms with Gasteiger partial charge in [0.25, 0.3) is 0 Å². The van der Waals surface area contributed by atoms with Crippen LogP contribution in [0.2, 0.25) is 0 Å². The molecule has 5 nitrogen and oxygen atoms in total. The van der Waals surface area contributed by atoms with Crippen molar-refractivity contribution >= 4 is 5.69 Å². The van der Waals surface area contributed by atoms with Gasteiger partial charge >= 0.3 is 0 Å². The number of aliphatic hydroxyl groups is 2. The van der Waals surface area contributed by atoms with Crippen LogP contribution in [0.3, 0.4) is 0 Å². The molecule has 16 heavy (non-hydrogen) atoms. The first kappa shape index (κ1) is 11.3. The number of aliphatic hydroxyl groups excluding tert-OH is 2. The molecule has 2 rings (SSSR count). The Hall–Kier alpha value is -1.17. The Morgan fingerprint density at radius 3 is 3.12 bits per heavy atom. The Morgan fingerprint density at radius 2 is 2.38 bits per heavy atom. The van der Waals surface area contributed by atoms with Crippen LogP contribution in [0.5, 0.6) is 0 Å². The van der Waals surface area contributed by atoms with Crippen molar-refractivity contribution in [3.8, 4) is 0 Å². The van der Waals surface area contributed by atoms with Gasteiger partial charge in [-0.3, -0.25) is 4.98 Å². The van der Waals surface area contributed by atoms with Crippen molar-refractivity contribution in [2.45, 2.75) is 12.7 Å². The van der Waals surface area contributed by atoms with E-state index in [4.69, 9.17) is 14.9 Å². The summed E-state index contributed by atoms with van der Waals surface area (Å²) in [5.41, 5.74) is 1.67. The van der Waals surface area contributed by atoms with Gasteiger partial charge in [0.15, 0.2) is 0 Å². The lowest BCUT2D eigenvalue weighted by molar-refractivity contribution is 0.00356. The zero-order valence-corrected chi connectivity index (χ0v) is 9.04. The fourth-order valence-electron chi connectivity index (χ4n) is 1.81. The van der Waals surface area contributed by atoms with E-state index in [0.29, 0.717) is 18.8 Å². The highest BCUT2D eigenvalue weighted by atomic mass is 16.5. The van der Waals surface area contributed by atoms with Gasteiger partial charge in [0.05, 0.1) is 31.6 Å². The Morgan fingerprint density at radius 1 is 1.50 bits per heavy atom. The highest BCUT2D eigenvalue weighted by molar-refractivity contribution is 5.46. The SMILES string of the molecule is OCc1cc(N2CCOC(CO)C2)ccn1. The average Bonchev–Trinajstić information content (AvgIpc) is 2.39. The quantitative estimate of drug-likeness (QED) is 0.742. The minimum atomic E-state index is -0.125. The standard InChI is InChI=1S/C11H16N2O3/c14-7-9-5-10(1-2-12-9)13-3-4-16-11(6-13)8-15/h1-2,5,11,14-15H,3-4,6-8H2. The maximum atomic E-state index is 9.05. The van der Waals surface area contributed by atoms with E-state index < -0.39 is 0 Å². The van der Waals surface area contributed by atoms with Gasteiger partial charge in [-0.05, 0) is 12.1 Å². The molecule has 0 saturated carbocycles. The molecular weight excluding hydrogens is 208 g/mol. The molecule has 0 radical (unpaired) electrons. The van der Waals surface area contributed by atoms with Crippen LogP contribution in [0, 0.1) is 0 Å². The maximum absolute atomic E-state index is 9.05. The van der Waals surface area contributed by atoms with E-state index in [9.17, 15) is 0 Å². The lowest BCUT2D eigenvalue weighted by Gasteiger charge is -2.33. The Kier molecular flexibility index (Phi) is 3.71. The first-order valence-corrected chi connectivity index (χ1v) is 5.36. The number of pyridine rings is 1. The second kappa shape index (κ2) is 5.25. The number of anilines is 1. The first-order chi connectivity index (χ1) is 7.83. The third-order valence-electron chi connectivity index (χ3n) is 2.67. The zero-order valence-electron chi connectivity index (χ0n) is 9.04. The third-order valence-corrected chi connectivity index (χ3v) is 2.67. The Labute approximate surface area is 94.3 Å². The molecule has 5 heteroatoms. The fraction of sp³-hybridized carbons (Fsp3) is 0.545. The molecular formula is C11H16N2O3.